The minimum Gasteiger partial charge on any atom is -0.289 e. The van der Waals surface area contributed by atoms with E-state index in [1.807, 2.05) is 6.07 Å². The summed E-state index contributed by atoms with van der Waals surface area (Å²) in [5, 5.41) is 11.1. The molecule has 26 heavy (non-hydrogen) atoms. The highest BCUT2D eigenvalue weighted by Gasteiger charge is 2.34. The maximum absolute atomic E-state index is 14.4. The highest BCUT2D eigenvalue weighted by Crippen LogP contribution is 2.39. The summed E-state index contributed by atoms with van der Waals surface area (Å²) in [6.07, 6.45) is 6.16. The van der Waals surface area contributed by atoms with Crippen molar-refractivity contribution in [3.8, 4) is 0 Å². The van der Waals surface area contributed by atoms with E-state index in [-0.39, 0.29) is 17.5 Å². The van der Waals surface area contributed by atoms with Gasteiger partial charge in [-0.25, -0.2) is 4.39 Å². The van der Waals surface area contributed by atoms with E-state index in [9.17, 15) is 14.5 Å². The van der Waals surface area contributed by atoms with E-state index < -0.39 is 4.92 Å². The van der Waals surface area contributed by atoms with Crippen LogP contribution in [-0.2, 0) is 6.54 Å². The van der Waals surface area contributed by atoms with Crippen LogP contribution in [0.25, 0.3) is 5.57 Å². The van der Waals surface area contributed by atoms with Crippen molar-refractivity contribution in [3.05, 3.63) is 81.7 Å². The van der Waals surface area contributed by atoms with E-state index in [1.54, 1.807) is 0 Å². The van der Waals surface area contributed by atoms with Gasteiger partial charge in [0.05, 0.1) is 4.92 Å². The van der Waals surface area contributed by atoms with Gasteiger partial charge in [-0.1, -0.05) is 42.8 Å². The Morgan fingerprint density at radius 1 is 1.15 bits per heavy atom. The summed E-state index contributed by atoms with van der Waals surface area (Å²) >= 11 is 0. The number of benzene rings is 2. The Hall–Kier alpha value is -2.53. The van der Waals surface area contributed by atoms with Gasteiger partial charge in [-0.05, 0) is 36.5 Å². The first-order chi connectivity index (χ1) is 12.6. The quantitative estimate of drug-likeness (QED) is 0.578. The lowest BCUT2D eigenvalue weighted by Gasteiger charge is -2.45. The number of fused-ring (bicyclic) bond motifs is 2. The number of nitro groups is 1. The maximum atomic E-state index is 14.4. The van der Waals surface area contributed by atoms with Crippen LogP contribution in [0.15, 0.2) is 54.6 Å². The zero-order valence-electron chi connectivity index (χ0n) is 14.5. The summed E-state index contributed by atoms with van der Waals surface area (Å²) in [4.78, 5) is 13.1. The van der Waals surface area contributed by atoms with Crippen LogP contribution in [0.4, 0.5) is 10.1 Å². The minimum atomic E-state index is -0.463. The fourth-order valence-corrected chi connectivity index (χ4v) is 4.23. The molecule has 134 valence electrons. The standard InChI is InChI=1S/C21H21FN2O2/c22-21-10-9-19(24(25)26)13-20(21)16-11-17-7-4-8-18(12-16)23(17)14-15-5-2-1-3-6-15/h1-3,5-6,9-11,13,17-18H,4,7-8,12,14H2. The molecule has 2 unspecified atom stereocenters. The largest absolute Gasteiger partial charge is 0.289 e. The van der Waals surface area contributed by atoms with Gasteiger partial charge in [-0.3, -0.25) is 15.0 Å². The number of non-ortho nitro benzene ring substituents is 1. The van der Waals surface area contributed by atoms with Crippen LogP contribution in [0.3, 0.4) is 0 Å². The van der Waals surface area contributed by atoms with Crippen LogP contribution >= 0.6 is 0 Å². The summed E-state index contributed by atoms with van der Waals surface area (Å²) in [5.41, 5.74) is 2.52. The predicted octanol–water partition coefficient (Wildman–Crippen LogP) is 4.94. The number of nitrogens with zero attached hydrogens (tertiary/aromatic N) is 2. The van der Waals surface area contributed by atoms with E-state index in [1.165, 1.54) is 30.2 Å². The van der Waals surface area contributed by atoms with Crippen molar-refractivity contribution >= 4 is 11.3 Å². The summed E-state index contributed by atoms with van der Waals surface area (Å²) < 4.78 is 14.4. The normalized spacial score (nSPS) is 22.7. The van der Waals surface area contributed by atoms with Gasteiger partial charge in [-0.15, -0.1) is 0 Å². The van der Waals surface area contributed by atoms with Crippen LogP contribution in [0.2, 0.25) is 0 Å². The average molecular weight is 352 g/mol. The maximum Gasteiger partial charge on any atom is 0.270 e. The Morgan fingerprint density at radius 3 is 2.69 bits per heavy atom. The summed E-state index contributed by atoms with van der Waals surface area (Å²) in [6, 6.07) is 14.8. The van der Waals surface area contributed by atoms with Crippen molar-refractivity contribution < 1.29 is 9.31 Å². The first kappa shape index (κ1) is 16.9. The smallest absolute Gasteiger partial charge is 0.270 e. The summed E-state index contributed by atoms with van der Waals surface area (Å²) in [5.74, 6) is -0.378. The van der Waals surface area contributed by atoms with E-state index in [0.717, 1.165) is 31.4 Å². The Morgan fingerprint density at radius 2 is 1.96 bits per heavy atom. The molecule has 2 aromatic rings. The molecule has 2 aliphatic rings. The molecule has 2 bridgehead atoms. The monoisotopic (exact) mass is 352 g/mol. The number of hydrogen-bond acceptors (Lipinski definition) is 3. The summed E-state index contributed by atoms with van der Waals surface area (Å²) in [7, 11) is 0. The third kappa shape index (κ3) is 3.27. The first-order valence-corrected chi connectivity index (χ1v) is 9.06. The van der Waals surface area contributed by atoms with Crippen molar-refractivity contribution in [3.63, 3.8) is 0 Å². The van der Waals surface area contributed by atoms with E-state index in [0.29, 0.717) is 11.6 Å². The molecule has 2 aromatic carbocycles. The number of rotatable bonds is 4. The molecule has 4 nitrogen and oxygen atoms in total. The third-order valence-electron chi connectivity index (χ3n) is 5.50. The topological polar surface area (TPSA) is 46.4 Å². The zero-order chi connectivity index (χ0) is 18.1. The molecule has 4 rings (SSSR count). The second-order valence-corrected chi connectivity index (χ2v) is 7.13. The molecule has 2 aliphatic heterocycles. The lowest BCUT2D eigenvalue weighted by atomic mass is 9.82. The SMILES string of the molecule is O=[N+]([O-])c1ccc(F)c(C2=CC3CCCC(C2)N3Cc2ccccc2)c1. The number of halogens is 1. The molecule has 2 atom stereocenters. The van der Waals surface area contributed by atoms with Crippen molar-refractivity contribution in [2.75, 3.05) is 0 Å². The van der Waals surface area contributed by atoms with Gasteiger partial charge >= 0.3 is 0 Å². The lowest BCUT2D eigenvalue weighted by Crippen LogP contribution is -2.47. The molecular formula is C21H21FN2O2. The molecule has 5 heteroatoms. The summed E-state index contributed by atoms with van der Waals surface area (Å²) in [6.45, 7) is 0.886. The second-order valence-electron chi connectivity index (χ2n) is 7.13. The molecule has 0 radical (unpaired) electrons. The average Bonchev–Trinajstić information content (AvgIpc) is 2.62. The van der Waals surface area contributed by atoms with Gasteiger partial charge in [0.1, 0.15) is 5.82 Å². The van der Waals surface area contributed by atoms with Crippen LogP contribution in [0.1, 0.15) is 36.8 Å². The molecule has 0 amide bonds. The second kappa shape index (κ2) is 7.00. The lowest BCUT2D eigenvalue weighted by molar-refractivity contribution is -0.384. The highest BCUT2D eigenvalue weighted by atomic mass is 19.1. The Balaban J connectivity index is 1.65. The van der Waals surface area contributed by atoms with Crippen molar-refractivity contribution in [2.45, 2.75) is 44.3 Å². The zero-order valence-corrected chi connectivity index (χ0v) is 14.5. The van der Waals surface area contributed by atoms with Crippen LogP contribution in [-0.4, -0.2) is 21.9 Å². The van der Waals surface area contributed by atoms with Crippen LogP contribution in [0.5, 0.6) is 0 Å². The fourth-order valence-electron chi connectivity index (χ4n) is 4.23. The van der Waals surface area contributed by atoms with Crippen LogP contribution < -0.4 is 0 Å². The van der Waals surface area contributed by atoms with Crippen molar-refractivity contribution in [1.29, 1.82) is 0 Å². The van der Waals surface area contributed by atoms with Crippen molar-refractivity contribution in [2.24, 2.45) is 0 Å². The molecule has 2 heterocycles. The number of piperidine rings is 1. The Kier molecular flexibility index (Phi) is 4.55. The molecular weight excluding hydrogens is 331 g/mol. The van der Waals surface area contributed by atoms with E-state index in [4.69, 9.17) is 0 Å². The number of hydrogen-bond donors (Lipinski definition) is 0. The van der Waals surface area contributed by atoms with Gasteiger partial charge in [-0.2, -0.15) is 0 Å². The van der Waals surface area contributed by atoms with Crippen LogP contribution in [0, 0.1) is 15.9 Å². The molecule has 0 aromatic heterocycles. The molecule has 0 aliphatic carbocycles. The molecule has 0 N–H and O–H groups in total. The van der Waals surface area contributed by atoms with E-state index >= 15 is 0 Å². The van der Waals surface area contributed by atoms with Gasteiger partial charge in [0.2, 0.25) is 0 Å². The Labute approximate surface area is 152 Å². The van der Waals surface area contributed by atoms with Gasteiger partial charge < -0.3 is 0 Å². The predicted molar refractivity (Wildman–Crippen MR) is 99.1 cm³/mol. The first-order valence-electron chi connectivity index (χ1n) is 9.06. The minimum absolute atomic E-state index is 0.0563. The van der Waals surface area contributed by atoms with Gasteiger partial charge in [0.25, 0.3) is 5.69 Å². The number of nitro benzene ring substituents is 1. The van der Waals surface area contributed by atoms with Gasteiger partial charge in [0.15, 0.2) is 0 Å². The molecule has 1 fully saturated rings. The highest BCUT2D eigenvalue weighted by molar-refractivity contribution is 5.70. The molecule has 0 saturated carbocycles. The van der Waals surface area contributed by atoms with E-state index in [2.05, 4.69) is 35.2 Å². The fraction of sp³-hybridized carbons (Fsp3) is 0.333. The Bertz CT molecular complexity index is 850. The van der Waals surface area contributed by atoms with Crippen molar-refractivity contribution in [1.82, 2.24) is 4.90 Å². The third-order valence-corrected chi connectivity index (χ3v) is 5.50. The van der Waals surface area contributed by atoms with Gasteiger partial charge in [0, 0.05) is 36.3 Å². The molecule has 1 saturated heterocycles. The molecule has 0 spiro atoms.